The summed E-state index contributed by atoms with van der Waals surface area (Å²) in [4.78, 5) is 14.3. The lowest BCUT2D eigenvalue weighted by Gasteiger charge is -2.36. The van der Waals surface area contributed by atoms with E-state index in [1.54, 1.807) is 11.3 Å². The van der Waals surface area contributed by atoms with Crippen molar-refractivity contribution in [2.75, 3.05) is 26.2 Å². The highest BCUT2D eigenvalue weighted by atomic mass is 32.1. The van der Waals surface area contributed by atoms with E-state index in [2.05, 4.69) is 27.0 Å². The minimum absolute atomic E-state index is 0.0474. The molecule has 5 heteroatoms. The molecule has 0 aliphatic carbocycles. The largest absolute Gasteiger partial charge is 0.374 e. The van der Waals surface area contributed by atoms with Gasteiger partial charge in [0, 0.05) is 19.6 Å². The average molecular weight is 266 g/mol. The molecule has 98 valence electrons. The van der Waals surface area contributed by atoms with Gasteiger partial charge in [0.2, 0.25) is 5.91 Å². The van der Waals surface area contributed by atoms with Crippen molar-refractivity contribution in [2.45, 2.75) is 19.1 Å². The molecule has 18 heavy (non-hydrogen) atoms. The van der Waals surface area contributed by atoms with Crippen LogP contribution in [0, 0.1) is 5.92 Å². The fourth-order valence-corrected chi connectivity index (χ4v) is 3.41. The highest BCUT2D eigenvalue weighted by Gasteiger charge is 2.36. The van der Waals surface area contributed by atoms with Crippen molar-refractivity contribution < 1.29 is 9.53 Å². The van der Waals surface area contributed by atoms with E-state index < -0.39 is 0 Å². The van der Waals surface area contributed by atoms with Crippen LogP contribution in [0.2, 0.25) is 0 Å². The van der Waals surface area contributed by atoms with E-state index in [1.807, 2.05) is 0 Å². The smallest absolute Gasteiger partial charge is 0.225 e. The number of rotatable bonds is 2. The molecule has 2 fully saturated rings. The van der Waals surface area contributed by atoms with Crippen LogP contribution in [-0.4, -0.2) is 43.2 Å². The van der Waals surface area contributed by atoms with Crippen LogP contribution in [-0.2, 0) is 16.1 Å². The van der Waals surface area contributed by atoms with Crippen molar-refractivity contribution in [3.05, 3.63) is 22.4 Å². The molecule has 2 saturated heterocycles. The van der Waals surface area contributed by atoms with Crippen LogP contribution in [0.5, 0.6) is 0 Å². The number of fused-ring (bicyclic) bond motifs is 1. The Balaban J connectivity index is 1.63. The maximum atomic E-state index is 11.9. The molecule has 0 bridgehead atoms. The zero-order valence-electron chi connectivity index (χ0n) is 10.3. The Morgan fingerprint density at radius 2 is 2.50 bits per heavy atom. The van der Waals surface area contributed by atoms with Crippen LogP contribution in [0.3, 0.4) is 0 Å². The zero-order valence-corrected chi connectivity index (χ0v) is 11.1. The van der Waals surface area contributed by atoms with Gasteiger partial charge < -0.3 is 10.1 Å². The van der Waals surface area contributed by atoms with Crippen molar-refractivity contribution in [3.63, 3.8) is 0 Å². The van der Waals surface area contributed by atoms with Crippen molar-refractivity contribution >= 4 is 17.2 Å². The number of nitrogens with one attached hydrogen (secondary N) is 1. The van der Waals surface area contributed by atoms with Gasteiger partial charge in [-0.25, -0.2) is 0 Å². The van der Waals surface area contributed by atoms with E-state index in [0.29, 0.717) is 13.2 Å². The first kappa shape index (κ1) is 12.1. The maximum absolute atomic E-state index is 11.9. The fourth-order valence-electron chi connectivity index (χ4n) is 2.75. The molecule has 0 aromatic carbocycles. The number of hydrogen-bond acceptors (Lipinski definition) is 4. The Morgan fingerprint density at radius 3 is 3.33 bits per heavy atom. The monoisotopic (exact) mass is 266 g/mol. The van der Waals surface area contributed by atoms with Crippen LogP contribution in [0.1, 0.15) is 12.0 Å². The van der Waals surface area contributed by atoms with Gasteiger partial charge >= 0.3 is 0 Å². The number of carbonyl (C=O) groups excluding carboxylic acids is 1. The van der Waals surface area contributed by atoms with Crippen LogP contribution < -0.4 is 5.32 Å². The molecule has 0 spiro atoms. The molecule has 2 aliphatic heterocycles. The SMILES string of the molecule is O=C1NCCO[C@@H]2CN(Cc3ccsc3)CC[C@H]12. The molecular formula is C13H18N2O2S. The maximum Gasteiger partial charge on any atom is 0.225 e. The van der Waals surface area contributed by atoms with Crippen molar-refractivity contribution in [3.8, 4) is 0 Å². The second kappa shape index (κ2) is 5.38. The number of hydrogen-bond donors (Lipinski definition) is 1. The first-order valence-corrected chi connectivity index (χ1v) is 7.40. The highest BCUT2D eigenvalue weighted by molar-refractivity contribution is 7.07. The Bertz CT molecular complexity index is 407. The van der Waals surface area contributed by atoms with E-state index in [1.165, 1.54) is 5.56 Å². The molecule has 3 rings (SSSR count). The molecule has 1 N–H and O–H groups in total. The van der Waals surface area contributed by atoms with Gasteiger partial charge in [0.15, 0.2) is 0 Å². The van der Waals surface area contributed by atoms with Gasteiger partial charge in [0.05, 0.1) is 18.6 Å². The fraction of sp³-hybridized carbons (Fsp3) is 0.615. The van der Waals surface area contributed by atoms with Crippen molar-refractivity contribution in [2.24, 2.45) is 5.92 Å². The minimum atomic E-state index is 0.0474. The second-order valence-electron chi connectivity index (χ2n) is 4.96. The summed E-state index contributed by atoms with van der Waals surface area (Å²) in [7, 11) is 0. The van der Waals surface area contributed by atoms with Crippen LogP contribution in [0.15, 0.2) is 16.8 Å². The van der Waals surface area contributed by atoms with Gasteiger partial charge in [-0.15, -0.1) is 0 Å². The third kappa shape index (κ3) is 2.58. The number of amides is 1. The predicted molar refractivity (Wildman–Crippen MR) is 70.5 cm³/mol. The van der Waals surface area contributed by atoms with Gasteiger partial charge in [-0.3, -0.25) is 9.69 Å². The Kier molecular flexibility index (Phi) is 3.63. The van der Waals surface area contributed by atoms with E-state index in [9.17, 15) is 4.79 Å². The summed E-state index contributed by atoms with van der Waals surface area (Å²) in [5.74, 6) is 0.221. The Morgan fingerprint density at radius 1 is 1.56 bits per heavy atom. The van der Waals surface area contributed by atoms with Crippen LogP contribution in [0.25, 0.3) is 0 Å². The molecule has 0 unspecified atom stereocenters. The molecule has 0 saturated carbocycles. The molecule has 2 atom stereocenters. The average Bonchev–Trinajstić information content (AvgIpc) is 2.80. The lowest BCUT2D eigenvalue weighted by molar-refractivity contribution is -0.130. The summed E-state index contributed by atoms with van der Waals surface area (Å²) >= 11 is 1.73. The normalized spacial score (nSPS) is 29.4. The molecule has 1 amide bonds. The van der Waals surface area contributed by atoms with Crippen molar-refractivity contribution in [1.29, 1.82) is 0 Å². The molecule has 1 aromatic rings. The van der Waals surface area contributed by atoms with Gasteiger partial charge in [-0.05, 0) is 35.4 Å². The number of piperidine rings is 1. The number of carbonyl (C=O) groups is 1. The Labute approximate surface area is 111 Å². The zero-order chi connectivity index (χ0) is 12.4. The standard InChI is InChI=1S/C13H18N2O2S/c16-13-11-1-4-15(7-10-2-6-18-9-10)8-12(11)17-5-3-14-13/h2,6,9,11-12H,1,3-5,7-8H2,(H,14,16)/t11-,12+/m0/s1. The number of nitrogens with zero attached hydrogens (tertiary/aromatic N) is 1. The summed E-state index contributed by atoms with van der Waals surface area (Å²) in [5, 5.41) is 7.22. The lowest BCUT2D eigenvalue weighted by atomic mass is 9.93. The molecule has 2 aliphatic rings. The lowest BCUT2D eigenvalue weighted by Crippen LogP contribution is -2.48. The number of likely N-dealkylation sites (tertiary alicyclic amines) is 1. The van der Waals surface area contributed by atoms with Crippen molar-refractivity contribution in [1.82, 2.24) is 10.2 Å². The summed E-state index contributed by atoms with van der Waals surface area (Å²) in [6.45, 7) is 4.11. The third-order valence-corrected chi connectivity index (χ3v) is 4.43. The topological polar surface area (TPSA) is 41.6 Å². The number of thiophene rings is 1. The van der Waals surface area contributed by atoms with Gasteiger partial charge in [-0.1, -0.05) is 0 Å². The van der Waals surface area contributed by atoms with Gasteiger partial charge in [0.25, 0.3) is 0 Å². The summed E-state index contributed by atoms with van der Waals surface area (Å²) < 4.78 is 5.80. The highest BCUT2D eigenvalue weighted by Crippen LogP contribution is 2.23. The summed E-state index contributed by atoms with van der Waals surface area (Å²) in [6.07, 6.45) is 0.973. The molecule has 0 radical (unpaired) electrons. The Hall–Kier alpha value is -0.910. The molecular weight excluding hydrogens is 248 g/mol. The summed E-state index contributed by atoms with van der Waals surface area (Å²) in [6, 6.07) is 2.16. The predicted octanol–water partition coefficient (Wildman–Crippen LogP) is 1.08. The first-order chi connectivity index (χ1) is 8.83. The quantitative estimate of drug-likeness (QED) is 0.871. The van der Waals surface area contributed by atoms with Gasteiger partial charge in [0.1, 0.15) is 0 Å². The van der Waals surface area contributed by atoms with Crippen LogP contribution in [0.4, 0.5) is 0 Å². The van der Waals surface area contributed by atoms with Crippen LogP contribution >= 0.6 is 11.3 Å². The van der Waals surface area contributed by atoms with Gasteiger partial charge in [-0.2, -0.15) is 11.3 Å². The number of ether oxygens (including phenoxy) is 1. The van der Waals surface area contributed by atoms with E-state index in [4.69, 9.17) is 4.74 Å². The molecule has 3 heterocycles. The van der Waals surface area contributed by atoms with E-state index in [-0.39, 0.29) is 17.9 Å². The minimum Gasteiger partial charge on any atom is -0.374 e. The van der Waals surface area contributed by atoms with E-state index in [0.717, 1.165) is 26.1 Å². The van der Waals surface area contributed by atoms with E-state index >= 15 is 0 Å². The third-order valence-electron chi connectivity index (χ3n) is 3.70. The first-order valence-electron chi connectivity index (χ1n) is 6.45. The molecule has 1 aromatic heterocycles. The molecule has 4 nitrogen and oxygen atoms in total. The summed E-state index contributed by atoms with van der Waals surface area (Å²) in [5.41, 5.74) is 1.36. The second-order valence-corrected chi connectivity index (χ2v) is 5.74.